The molecule has 0 saturated heterocycles. The second kappa shape index (κ2) is 9.69. The van der Waals surface area contributed by atoms with Gasteiger partial charge in [0, 0.05) is 19.1 Å². The average molecular weight is 462 g/mol. The molecule has 8 heteroatoms. The summed E-state index contributed by atoms with van der Waals surface area (Å²) in [6, 6.07) is 5.92. The Labute approximate surface area is 166 Å². The Morgan fingerprint density at radius 2 is 1.92 bits per heavy atom. The zero-order valence-corrected chi connectivity index (χ0v) is 17.5. The lowest BCUT2D eigenvalue weighted by Gasteiger charge is -2.21. The molecule has 1 heterocycles. The molecule has 0 unspecified atom stereocenters. The summed E-state index contributed by atoms with van der Waals surface area (Å²) >= 11 is 0. The van der Waals surface area contributed by atoms with Crippen molar-refractivity contribution >= 4 is 35.8 Å². The predicted molar refractivity (Wildman–Crippen MR) is 109 cm³/mol. The lowest BCUT2D eigenvalue weighted by Crippen LogP contribution is -2.48. The van der Waals surface area contributed by atoms with Gasteiger partial charge in [-0.15, -0.1) is 24.0 Å². The Bertz CT molecular complexity index is 614. The quantitative estimate of drug-likeness (QED) is 0.352. The van der Waals surface area contributed by atoms with Crippen LogP contribution < -0.4 is 25.4 Å². The van der Waals surface area contributed by atoms with Gasteiger partial charge in [0.15, 0.2) is 17.5 Å². The number of hydrogen-bond donors (Lipinski definition) is 3. The highest BCUT2D eigenvalue weighted by Gasteiger charge is 2.14. The van der Waals surface area contributed by atoms with Gasteiger partial charge in [0.05, 0.1) is 6.54 Å². The fraction of sp³-hybridized carbons (Fsp3) is 0.529. The number of amides is 1. The molecule has 1 amide bonds. The van der Waals surface area contributed by atoms with E-state index in [4.69, 9.17) is 9.47 Å². The topological polar surface area (TPSA) is 84.0 Å². The molecule has 2 rings (SSSR count). The van der Waals surface area contributed by atoms with E-state index in [0.29, 0.717) is 12.5 Å². The van der Waals surface area contributed by atoms with Gasteiger partial charge >= 0.3 is 0 Å². The van der Waals surface area contributed by atoms with Gasteiger partial charge in [0.2, 0.25) is 12.7 Å². The molecule has 7 nitrogen and oxygen atoms in total. The number of benzene rings is 1. The third-order valence-electron chi connectivity index (χ3n) is 3.30. The number of carbonyl (C=O) groups is 1. The molecule has 0 fully saturated rings. The first kappa shape index (κ1) is 21.3. The van der Waals surface area contributed by atoms with Crippen LogP contribution in [0.15, 0.2) is 23.2 Å². The van der Waals surface area contributed by atoms with Crippen LogP contribution in [0.25, 0.3) is 0 Å². The van der Waals surface area contributed by atoms with Crippen molar-refractivity contribution in [1.82, 2.24) is 16.0 Å². The van der Waals surface area contributed by atoms with Crippen LogP contribution in [0.2, 0.25) is 0 Å². The summed E-state index contributed by atoms with van der Waals surface area (Å²) in [4.78, 5) is 15.9. The molecular formula is C17H27IN4O3. The van der Waals surface area contributed by atoms with Gasteiger partial charge in [-0.2, -0.15) is 0 Å². The molecule has 25 heavy (non-hydrogen) atoms. The first-order valence-corrected chi connectivity index (χ1v) is 8.01. The van der Waals surface area contributed by atoms with Crippen molar-refractivity contribution in [2.75, 3.05) is 26.9 Å². The largest absolute Gasteiger partial charge is 0.454 e. The third-order valence-corrected chi connectivity index (χ3v) is 3.30. The normalized spacial score (nSPS) is 13.0. The predicted octanol–water partition coefficient (Wildman–Crippen LogP) is 1.66. The minimum absolute atomic E-state index is 0. The minimum atomic E-state index is -0.241. The maximum atomic E-state index is 11.8. The molecule has 0 aliphatic carbocycles. The summed E-state index contributed by atoms with van der Waals surface area (Å²) in [5.74, 6) is 2.10. The van der Waals surface area contributed by atoms with Crippen LogP contribution in [-0.2, 0) is 11.2 Å². The van der Waals surface area contributed by atoms with E-state index in [-0.39, 0.29) is 48.8 Å². The zero-order valence-electron chi connectivity index (χ0n) is 15.1. The summed E-state index contributed by atoms with van der Waals surface area (Å²) in [5, 5.41) is 9.09. The molecule has 0 saturated carbocycles. The van der Waals surface area contributed by atoms with Crippen molar-refractivity contribution in [3.05, 3.63) is 23.8 Å². The monoisotopic (exact) mass is 462 g/mol. The first-order chi connectivity index (χ1) is 11.4. The number of halogens is 1. The van der Waals surface area contributed by atoms with E-state index in [1.807, 2.05) is 39.0 Å². The Kier molecular flexibility index (Phi) is 8.27. The highest BCUT2D eigenvalue weighted by atomic mass is 127. The number of hydrogen-bond acceptors (Lipinski definition) is 4. The Balaban J connectivity index is 0.00000312. The third kappa shape index (κ3) is 7.37. The van der Waals surface area contributed by atoms with E-state index in [0.717, 1.165) is 23.5 Å². The second-order valence-corrected chi connectivity index (χ2v) is 6.59. The minimum Gasteiger partial charge on any atom is -0.454 e. The van der Waals surface area contributed by atoms with Crippen LogP contribution in [0.5, 0.6) is 11.5 Å². The average Bonchev–Trinajstić information content (AvgIpc) is 2.96. The van der Waals surface area contributed by atoms with Gasteiger partial charge in [-0.05, 0) is 44.9 Å². The summed E-state index contributed by atoms with van der Waals surface area (Å²) in [6.07, 6.45) is 0.811. The standard InChI is InChI=1S/C17H26N4O3.HI/c1-17(2,3)21-15(22)10-20-16(18-4)19-8-7-12-5-6-13-14(9-12)24-11-23-13;/h5-6,9H,7-8,10-11H2,1-4H3,(H,21,22)(H2,18,19,20);1H. The summed E-state index contributed by atoms with van der Waals surface area (Å²) < 4.78 is 10.7. The maximum Gasteiger partial charge on any atom is 0.239 e. The number of nitrogens with zero attached hydrogens (tertiary/aromatic N) is 1. The van der Waals surface area contributed by atoms with Gasteiger partial charge in [0.25, 0.3) is 0 Å². The van der Waals surface area contributed by atoms with Crippen molar-refractivity contribution < 1.29 is 14.3 Å². The van der Waals surface area contributed by atoms with Gasteiger partial charge in [-0.25, -0.2) is 0 Å². The number of guanidine groups is 1. The van der Waals surface area contributed by atoms with Crippen molar-refractivity contribution in [1.29, 1.82) is 0 Å². The SMILES string of the molecule is CN=C(NCCc1ccc2c(c1)OCO2)NCC(=O)NC(C)(C)C.I. The van der Waals surface area contributed by atoms with Crippen molar-refractivity contribution in [2.45, 2.75) is 32.7 Å². The van der Waals surface area contributed by atoms with Crippen molar-refractivity contribution in [2.24, 2.45) is 4.99 Å². The number of carbonyl (C=O) groups excluding carboxylic acids is 1. The van der Waals surface area contributed by atoms with Gasteiger partial charge < -0.3 is 25.4 Å². The molecule has 1 aromatic carbocycles. The molecule has 1 aliphatic heterocycles. The van der Waals surface area contributed by atoms with E-state index >= 15 is 0 Å². The molecular weight excluding hydrogens is 435 g/mol. The van der Waals surface area contributed by atoms with Gasteiger partial charge in [-0.1, -0.05) is 6.07 Å². The second-order valence-electron chi connectivity index (χ2n) is 6.59. The Morgan fingerprint density at radius 1 is 1.20 bits per heavy atom. The lowest BCUT2D eigenvalue weighted by molar-refractivity contribution is -0.121. The number of rotatable bonds is 5. The van der Waals surface area contributed by atoms with Crippen LogP contribution in [0, 0.1) is 0 Å². The molecule has 1 aromatic rings. The number of fused-ring (bicyclic) bond motifs is 1. The fourth-order valence-corrected chi connectivity index (χ4v) is 2.27. The van der Waals surface area contributed by atoms with Crippen LogP contribution >= 0.6 is 24.0 Å². The first-order valence-electron chi connectivity index (χ1n) is 8.01. The number of nitrogens with one attached hydrogen (secondary N) is 3. The van der Waals surface area contributed by atoms with E-state index in [2.05, 4.69) is 20.9 Å². The molecule has 1 aliphatic rings. The molecule has 0 atom stereocenters. The number of ether oxygens (including phenoxy) is 2. The Morgan fingerprint density at radius 3 is 2.60 bits per heavy atom. The maximum absolute atomic E-state index is 11.8. The van der Waals surface area contributed by atoms with Crippen LogP contribution in [-0.4, -0.2) is 44.3 Å². The molecule has 0 spiro atoms. The molecule has 0 radical (unpaired) electrons. The molecule has 3 N–H and O–H groups in total. The molecule has 0 bridgehead atoms. The summed E-state index contributed by atoms with van der Waals surface area (Å²) in [6.45, 7) is 7.00. The van der Waals surface area contributed by atoms with Gasteiger partial charge in [-0.3, -0.25) is 9.79 Å². The fourth-order valence-electron chi connectivity index (χ4n) is 2.27. The summed E-state index contributed by atoms with van der Waals surface area (Å²) in [5.41, 5.74) is 0.905. The lowest BCUT2D eigenvalue weighted by atomic mass is 10.1. The molecule has 0 aromatic heterocycles. The van der Waals surface area contributed by atoms with E-state index in [1.54, 1.807) is 7.05 Å². The zero-order chi connectivity index (χ0) is 17.6. The van der Waals surface area contributed by atoms with Crippen LogP contribution in [0.4, 0.5) is 0 Å². The highest BCUT2D eigenvalue weighted by Crippen LogP contribution is 2.32. The van der Waals surface area contributed by atoms with E-state index in [1.165, 1.54) is 0 Å². The number of aliphatic imine (C=N–C) groups is 1. The van der Waals surface area contributed by atoms with E-state index < -0.39 is 0 Å². The molecule has 140 valence electrons. The van der Waals surface area contributed by atoms with Gasteiger partial charge in [0.1, 0.15) is 0 Å². The van der Waals surface area contributed by atoms with E-state index in [9.17, 15) is 4.79 Å². The van der Waals surface area contributed by atoms with Crippen LogP contribution in [0.1, 0.15) is 26.3 Å². The summed E-state index contributed by atoms with van der Waals surface area (Å²) in [7, 11) is 1.68. The van der Waals surface area contributed by atoms with Crippen molar-refractivity contribution in [3.63, 3.8) is 0 Å². The smallest absolute Gasteiger partial charge is 0.239 e. The Hall–Kier alpha value is -1.71. The highest BCUT2D eigenvalue weighted by molar-refractivity contribution is 14.0. The van der Waals surface area contributed by atoms with Crippen LogP contribution in [0.3, 0.4) is 0 Å². The van der Waals surface area contributed by atoms with Crippen molar-refractivity contribution in [3.8, 4) is 11.5 Å².